The van der Waals surface area contributed by atoms with Gasteiger partial charge in [0.1, 0.15) is 11.1 Å². The monoisotopic (exact) mass is 252 g/mol. The third-order valence-corrected chi connectivity index (χ3v) is 2.30. The lowest BCUT2D eigenvalue weighted by molar-refractivity contribution is -0.141. The summed E-state index contributed by atoms with van der Waals surface area (Å²) in [4.78, 5) is 5.62. The van der Waals surface area contributed by atoms with E-state index in [4.69, 9.17) is 5.11 Å². The predicted molar refractivity (Wildman–Crippen MR) is 46.9 cm³/mol. The lowest BCUT2D eigenvalue weighted by atomic mass is 10.0. The number of rotatable bonds is 1. The smallest absolute Gasteiger partial charge is 0.392 e. The number of aliphatic hydroxyl groups excluding tert-OH is 1. The van der Waals surface area contributed by atoms with Gasteiger partial charge in [0, 0.05) is 5.56 Å². The van der Waals surface area contributed by atoms with Crippen LogP contribution >= 0.6 is 0 Å². The lowest BCUT2D eigenvalue weighted by Crippen LogP contribution is -2.14. The second-order valence-corrected chi connectivity index (χ2v) is 3.26. The van der Waals surface area contributed by atoms with Gasteiger partial charge in [-0.25, -0.2) is 13.8 Å². The van der Waals surface area contributed by atoms with E-state index < -0.39 is 46.6 Å². The minimum atomic E-state index is -5.10. The second kappa shape index (κ2) is 3.66. The molecule has 0 radical (unpaired) electrons. The standard InChI is InChI=1S/C9H5F5N2O/c10-5-4(9(12,13)14)3(1-17)7-8(6(5)11)16-2-15-7/h2,17H,1H2,(H,15,16). The molecule has 0 amide bonds. The van der Waals surface area contributed by atoms with Crippen LogP contribution in [0.2, 0.25) is 0 Å². The highest BCUT2D eigenvalue weighted by Gasteiger charge is 2.40. The van der Waals surface area contributed by atoms with Crippen LogP contribution < -0.4 is 0 Å². The summed E-state index contributed by atoms with van der Waals surface area (Å²) in [6.45, 7) is -1.09. The fourth-order valence-corrected chi connectivity index (χ4v) is 1.61. The van der Waals surface area contributed by atoms with Crippen LogP contribution in [0.4, 0.5) is 22.0 Å². The normalized spacial score (nSPS) is 12.4. The van der Waals surface area contributed by atoms with Crippen molar-refractivity contribution in [1.82, 2.24) is 9.97 Å². The molecule has 0 aliphatic rings. The first-order chi connectivity index (χ1) is 7.88. The Bertz CT molecular complexity index is 575. The van der Waals surface area contributed by atoms with Gasteiger partial charge in [0.05, 0.1) is 18.5 Å². The molecule has 2 rings (SSSR count). The number of halogens is 5. The van der Waals surface area contributed by atoms with Gasteiger partial charge in [-0.15, -0.1) is 0 Å². The molecule has 1 heterocycles. The summed E-state index contributed by atoms with van der Waals surface area (Å²) in [5, 5.41) is 8.87. The molecule has 0 aliphatic heterocycles. The van der Waals surface area contributed by atoms with Crippen LogP contribution in [0.1, 0.15) is 11.1 Å². The molecule has 0 spiro atoms. The van der Waals surface area contributed by atoms with E-state index in [0.29, 0.717) is 0 Å². The van der Waals surface area contributed by atoms with Crippen molar-refractivity contribution in [3.8, 4) is 0 Å². The molecule has 0 aliphatic carbocycles. The number of alkyl halides is 3. The van der Waals surface area contributed by atoms with Crippen LogP contribution in [0.15, 0.2) is 6.33 Å². The first kappa shape index (κ1) is 11.8. The Morgan fingerprint density at radius 1 is 1.24 bits per heavy atom. The third kappa shape index (κ3) is 1.64. The molecule has 0 fully saturated rings. The molecule has 0 bridgehead atoms. The quantitative estimate of drug-likeness (QED) is 0.765. The van der Waals surface area contributed by atoms with Gasteiger partial charge in [0.25, 0.3) is 0 Å². The number of hydrogen-bond acceptors (Lipinski definition) is 2. The number of aliphatic hydroxyl groups is 1. The molecule has 0 unspecified atom stereocenters. The minimum absolute atomic E-state index is 0.432. The zero-order chi connectivity index (χ0) is 12.8. The Hall–Kier alpha value is -1.70. The highest BCUT2D eigenvalue weighted by Crippen LogP contribution is 2.38. The predicted octanol–water partition coefficient (Wildman–Crippen LogP) is 2.35. The van der Waals surface area contributed by atoms with Crippen LogP contribution in [0.5, 0.6) is 0 Å². The summed E-state index contributed by atoms with van der Waals surface area (Å²) in [7, 11) is 0. The molecule has 92 valence electrons. The molecule has 1 aromatic carbocycles. The fraction of sp³-hybridized carbons (Fsp3) is 0.222. The second-order valence-electron chi connectivity index (χ2n) is 3.26. The Morgan fingerprint density at radius 2 is 1.88 bits per heavy atom. The number of aromatic amines is 1. The number of hydrogen-bond donors (Lipinski definition) is 2. The van der Waals surface area contributed by atoms with E-state index in [1.807, 2.05) is 0 Å². The van der Waals surface area contributed by atoms with E-state index in [0.717, 1.165) is 6.33 Å². The zero-order valence-electron chi connectivity index (χ0n) is 8.07. The van der Waals surface area contributed by atoms with E-state index in [9.17, 15) is 22.0 Å². The maximum Gasteiger partial charge on any atom is 0.419 e. The first-order valence-corrected chi connectivity index (χ1v) is 4.39. The molecule has 1 aromatic heterocycles. The van der Waals surface area contributed by atoms with Crippen LogP contribution in [0.3, 0.4) is 0 Å². The molecule has 0 saturated carbocycles. The van der Waals surface area contributed by atoms with Crippen molar-refractivity contribution in [2.45, 2.75) is 12.8 Å². The first-order valence-electron chi connectivity index (χ1n) is 4.39. The van der Waals surface area contributed by atoms with Gasteiger partial charge in [-0.3, -0.25) is 0 Å². The number of aromatic nitrogens is 2. The van der Waals surface area contributed by atoms with Crippen molar-refractivity contribution in [2.24, 2.45) is 0 Å². The molecule has 17 heavy (non-hydrogen) atoms. The number of H-pyrrole nitrogens is 1. The van der Waals surface area contributed by atoms with Crippen molar-refractivity contribution in [3.63, 3.8) is 0 Å². The molecule has 8 heteroatoms. The minimum Gasteiger partial charge on any atom is -0.392 e. The molecule has 3 nitrogen and oxygen atoms in total. The van der Waals surface area contributed by atoms with Crippen molar-refractivity contribution in [3.05, 3.63) is 29.1 Å². The molecular formula is C9H5F5N2O. The van der Waals surface area contributed by atoms with E-state index in [1.54, 1.807) is 0 Å². The number of fused-ring (bicyclic) bond motifs is 1. The fourth-order valence-electron chi connectivity index (χ4n) is 1.61. The summed E-state index contributed by atoms with van der Waals surface area (Å²) in [5.74, 6) is -3.71. The third-order valence-electron chi connectivity index (χ3n) is 2.30. The van der Waals surface area contributed by atoms with Gasteiger partial charge in [0.2, 0.25) is 0 Å². The Labute approximate surface area is 90.9 Å². The van der Waals surface area contributed by atoms with Crippen LogP contribution in [0, 0.1) is 11.6 Å². The van der Waals surface area contributed by atoms with Gasteiger partial charge in [-0.05, 0) is 0 Å². The Kier molecular flexibility index (Phi) is 2.53. The van der Waals surface area contributed by atoms with Crippen molar-refractivity contribution in [2.75, 3.05) is 0 Å². The average Bonchev–Trinajstić information content (AvgIpc) is 2.69. The van der Waals surface area contributed by atoms with Crippen molar-refractivity contribution in [1.29, 1.82) is 0 Å². The van der Waals surface area contributed by atoms with Crippen molar-refractivity contribution >= 4 is 11.0 Å². The average molecular weight is 252 g/mol. The summed E-state index contributed by atoms with van der Waals surface area (Å²) < 4.78 is 64.3. The summed E-state index contributed by atoms with van der Waals surface area (Å²) >= 11 is 0. The molecular weight excluding hydrogens is 247 g/mol. The number of nitrogens with one attached hydrogen (secondary N) is 1. The lowest BCUT2D eigenvalue weighted by Gasteiger charge is -2.13. The maximum atomic E-state index is 13.3. The summed E-state index contributed by atoms with van der Waals surface area (Å²) in [6, 6.07) is 0. The maximum absolute atomic E-state index is 13.3. The number of benzene rings is 1. The van der Waals surface area contributed by atoms with Gasteiger partial charge in [0.15, 0.2) is 11.6 Å². The highest BCUT2D eigenvalue weighted by atomic mass is 19.4. The molecule has 2 aromatic rings. The largest absolute Gasteiger partial charge is 0.419 e. The van der Waals surface area contributed by atoms with Crippen molar-refractivity contribution < 1.29 is 27.1 Å². The van der Waals surface area contributed by atoms with E-state index in [1.165, 1.54) is 0 Å². The van der Waals surface area contributed by atoms with E-state index >= 15 is 0 Å². The number of imidazole rings is 1. The molecule has 2 N–H and O–H groups in total. The van der Waals surface area contributed by atoms with Gasteiger partial charge in [-0.2, -0.15) is 13.2 Å². The Balaban J connectivity index is 2.95. The number of nitrogens with zero attached hydrogens (tertiary/aromatic N) is 1. The molecule has 0 atom stereocenters. The van der Waals surface area contributed by atoms with Crippen LogP contribution in [-0.4, -0.2) is 15.1 Å². The van der Waals surface area contributed by atoms with Crippen LogP contribution in [0.25, 0.3) is 11.0 Å². The van der Waals surface area contributed by atoms with Gasteiger partial charge < -0.3 is 10.1 Å². The molecule has 0 saturated heterocycles. The SMILES string of the molecule is OCc1c(C(F)(F)F)c(F)c(F)c2[nH]cnc12. The summed E-state index contributed by atoms with van der Waals surface area (Å²) in [5.41, 5.74) is -3.54. The summed E-state index contributed by atoms with van der Waals surface area (Å²) in [6.07, 6.45) is -4.18. The Morgan fingerprint density at radius 3 is 2.41 bits per heavy atom. The van der Waals surface area contributed by atoms with Gasteiger partial charge in [-0.1, -0.05) is 0 Å². The highest BCUT2D eigenvalue weighted by molar-refractivity contribution is 5.80. The zero-order valence-corrected chi connectivity index (χ0v) is 8.07. The van der Waals surface area contributed by atoms with Gasteiger partial charge >= 0.3 is 6.18 Å². The van der Waals surface area contributed by atoms with Crippen LogP contribution in [-0.2, 0) is 12.8 Å². The topological polar surface area (TPSA) is 48.9 Å². The van der Waals surface area contributed by atoms with E-state index in [2.05, 4.69) is 9.97 Å². The van der Waals surface area contributed by atoms with E-state index in [-0.39, 0.29) is 0 Å².